The number of para-hydroxylation sites is 2. The highest BCUT2D eigenvalue weighted by molar-refractivity contribution is 7.15. The van der Waals surface area contributed by atoms with Gasteiger partial charge in [-0.2, -0.15) is 0 Å². The Morgan fingerprint density at radius 2 is 1.86 bits per heavy atom. The van der Waals surface area contributed by atoms with Crippen LogP contribution >= 0.6 is 11.3 Å². The lowest BCUT2D eigenvalue weighted by atomic mass is 10.1. The lowest BCUT2D eigenvalue weighted by Gasteiger charge is -2.04. The number of benzene rings is 2. The minimum Gasteiger partial charge on any atom is -0.494 e. The van der Waals surface area contributed by atoms with Crippen molar-refractivity contribution in [3.8, 4) is 5.75 Å². The van der Waals surface area contributed by atoms with Gasteiger partial charge in [0.1, 0.15) is 10.8 Å². The van der Waals surface area contributed by atoms with Gasteiger partial charge in [0.15, 0.2) is 0 Å². The second-order valence-corrected chi connectivity index (χ2v) is 6.94. The Hall–Kier alpha value is -3.33. The van der Waals surface area contributed by atoms with E-state index < -0.39 is 4.92 Å². The van der Waals surface area contributed by atoms with Gasteiger partial charge in [0.2, 0.25) is 11.0 Å². The molecule has 0 aliphatic heterocycles. The molecule has 1 aromatic heterocycles. The fourth-order valence-electron chi connectivity index (χ4n) is 2.51. The lowest BCUT2D eigenvalue weighted by molar-refractivity contribution is -0.385. The molecular formula is C19H18N4O4S. The first-order chi connectivity index (χ1) is 13.6. The molecule has 1 N–H and O–H groups in total. The Morgan fingerprint density at radius 3 is 2.64 bits per heavy atom. The Kier molecular flexibility index (Phi) is 6.64. The number of nitro benzene ring substituents is 1. The number of nitrogens with one attached hydrogen (secondary N) is 1. The summed E-state index contributed by atoms with van der Waals surface area (Å²) in [5.74, 6) is 0.451. The molecule has 0 spiro atoms. The second-order valence-electron chi connectivity index (χ2n) is 5.88. The number of amides is 1. The molecule has 0 bridgehead atoms. The molecule has 3 rings (SSSR count). The third-order valence-electron chi connectivity index (χ3n) is 3.80. The first-order valence-corrected chi connectivity index (χ1v) is 9.46. The molecule has 1 heterocycles. The van der Waals surface area contributed by atoms with E-state index >= 15 is 0 Å². The van der Waals surface area contributed by atoms with Gasteiger partial charge in [-0.3, -0.25) is 14.9 Å². The molecule has 0 atom stereocenters. The zero-order valence-electron chi connectivity index (χ0n) is 14.9. The molecule has 1 amide bonds. The van der Waals surface area contributed by atoms with Crippen molar-refractivity contribution >= 4 is 28.1 Å². The van der Waals surface area contributed by atoms with Gasteiger partial charge < -0.3 is 10.1 Å². The smallest absolute Gasteiger partial charge is 0.273 e. The van der Waals surface area contributed by atoms with Crippen molar-refractivity contribution in [1.82, 2.24) is 10.2 Å². The summed E-state index contributed by atoms with van der Waals surface area (Å²) in [5.41, 5.74) is 0.279. The molecule has 0 saturated heterocycles. The van der Waals surface area contributed by atoms with E-state index in [0.717, 1.165) is 17.2 Å². The molecular weight excluding hydrogens is 380 g/mol. The maximum Gasteiger partial charge on any atom is 0.273 e. The normalized spacial score (nSPS) is 10.4. The quantitative estimate of drug-likeness (QED) is 0.335. The van der Waals surface area contributed by atoms with Crippen LogP contribution in [-0.4, -0.2) is 27.6 Å². The van der Waals surface area contributed by atoms with Crippen molar-refractivity contribution in [1.29, 1.82) is 0 Å². The van der Waals surface area contributed by atoms with Crippen LogP contribution in [0.15, 0.2) is 54.6 Å². The standard InChI is InChI=1S/C19H18N4O4S/c24-17(13-14-7-4-5-10-16(14)23(25)26)20-19-22-21-18(28-19)11-6-12-27-15-8-2-1-3-9-15/h1-5,7-10H,6,11-13H2,(H,20,22,24). The summed E-state index contributed by atoms with van der Waals surface area (Å²) in [6.07, 6.45) is 1.36. The first kappa shape index (κ1) is 19.4. The van der Waals surface area contributed by atoms with Gasteiger partial charge in [-0.05, 0) is 18.6 Å². The third kappa shape index (κ3) is 5.58. The highest BCUT2D eigenvalue weighted by Gasteiger charge is 2.16. The van der Waals surface area contributed by atoms with Gasteiger partial charge in [0.25, 0.3) is 5.69 Å². The Morgan fingerprint density at radius 1 is 1.11 bits per heavy atom. The van der Waals surface area contributed by atoms with Gasteiger partial charge in [-0.25, -0.2) is 0 Å². The number of rotatable bonds is 9. The van der Waals surface area contributed by atoms with Crippen LogP contribution in [0.1, 0.15) is 17.0 Å². The summed E-state index contributed by atoms with van der Waals surface area (Å²) in [7, 11) is 0. The molecule has 3 aromatic rings. The van der Waals surface area contributed by atoms with Crippen LogP contribution in [0.25, 0.3) is 0 Å². The number of anilines is 1. The van der Waals surface area contributed by atoms with E-state index in [9.17, 15) is 14.9 Å². The number of hydrogen-bond acceptors (Lipinski definition) is 7. The van der Waals surface area contributed by atoms with E-state index in [4.69, 9.17) is 4.74 Å². The van der Waals surface area contributed by atoms with Crippen molar-refractivity contribution in [2.75, 3.05) is 11.9 Å². The van der Waals surface area contributed by atoms with Crippen molar-refractivity contribution in [3.63, 3.8) is 0 Å². The monoisotopic (exact) mass is 398 g/mol. The van der Waals surface area contributed by atoms with E-state index in [0.29, 0.717) is 23.7 Å². The largest absolute Gasteiger partial charge is 0.494 e. The molecule has 8 nitrogen and oxygen atoms in total. The van der Waals surface area contributed by atoms with Gasteiger partial charge in [0.05, 0.1) is 18.0 Å². The van der Waals surface area contributed by atoms with Crippen molar-refractivity contribution in [2.24, 2.45) is 0 Å². The van der Waals surface area contributed by atoms with E-state index in [2.05, 4.69) is 15.5 Å². The van der Waals surface area contributed by atoms with Crippen LogP contribution in [0.3, 0.4) is 0 Å². The Bertz CT molecular complexity index is 946. The number of carbonyl (C=O) groups is 1. The molecule has 0 fully saturated rings. The minimum absolute atomic E-state index is 0.0750. The van der Waals surface area contributed by atoms with Crippen LogP contribution in [0.4, 0.5) is 10.8 Å². The third-order valence-corrected chi connectivity index (χ3v) is 4.70. The maximum atomic E-state index is 12.2. The molecule has 144 valence electrons. The SMILES string of the molecule is O=C(Cc1ccccc1[N+](=O)[O-])Nc1nnc(CCCOc2ccccc2)s1. The van der Waals surface area contributed by atoms with Gasteiger partial charge in [-0.15, -0.1) is 10.2 Å². The molecule has 9 heteroatoms. The fraction of sp³-hybridized carbons (Fsp3) is 0.211. The average molecular weight is 398 g/mol. The summed E-state index contributed by atoms with van der Waals surface area (Å²) in [6, 6.07) is 15.7. The molecule has 0 unspecified atom stereocenters. The van der Waals surface area contributed by atoms with Crippen molar-refractivity contribution < 1.29 is 14.5 Å². The summed E-state index contributed by atoms with van der Waals surface area (Å²) in [5, 5.41) is 22.8. The van der Waals surface area contributed by atoms with E-state index in [1.807, 2.05) is 30.3 Å². The van der Waals surface area contributed by atoms with E-state index in [1.165, 1.54) is 17.4 Å². The number of hydrogen-bond donors (Lipinski definition) is 1. The molecule has 0 saturated carbocycles. The van der Waals surface area contributed by atoms with Crippen LogP contribution in [0.2, 0.25) is 0 Å². The summed E-state index contributed by atoms with van der Waals surface area (Å²) in [4.78, 5) is 22.7. The number of ether oxygens (including phenoxy) is 1. The number of nitrogens with zero attached hydrogens (tertiary/aromatic N) is 3. The average Bonchev–Trinajstić information content (AvgIpc) is 3.13. The van der Waals surface area contributed by atoms with Crippen LogP contribution in [0.5, 0.6) is 5.75 Å². The predicted molar refractivity (Wildman–Crippen MR) is 106 cm³/mol. The Labute approximate surface area is 165 Å². The topological polar surface area (TPSA) is 107 Å². The molecule has 0 radical (unpaired) electrons. The van der Waals surface area contributed by atoms with Crippen LogP contribution in [-0.2, 0) is 17.6 Å². The van der Waals surface area contributed by atoms with E-state index in [-0.39, 0.29) is 18.0 Å². The molecule has 28 heavy (non-hydrogen) atoms. The lowest BCUT2D eigenvalue weighted by Crippen LogP contribution is -2.15. The number of aryl methyl sites for hydroxylation is 1. The first-order valence-electron chi connectivity index (χ1n) is 8.64. The molecule has 0 aliphatic rings. The van der Waals surface area contributed by atoms with Crippen molar-refractivity contribution in [2.45, 2.75) is 19.3 Å². The minimum atomic E-state index is -0.497. The molecule has 2 aromatic carbocycles. The maximum absolute atomic E-state index is 12.2. The fourth-order valence-corrected chi connectivity index (χ4v) is 3.31. The van der Waals surface area contributed by atoms with Gasteiger partial charge >= 0.3 is 0 Å². The van der Waals surface area contributed by atoms with Crippen molar-refractivity contribution in [3.05, 3.63) is 75.3 Å². The van der Waals surface area contributed by atoms with Crippen LogP contribution in [0, 0.1) is 10.1 Å². The second kappa shape index (κ2) is 9.56. The number of carbonyl (C=O) groups excluding carboxylic acids is 1. The van der Waals surface area contributed by atoms with Gasteiger partial charge in [0, 0.05) is 18.1 Å². The highest BCUT2D eigenvalue weighted by Crippen LogP contribution is 2.20. The zero-order valence-corrected chi connectivity index (χ0v) is 15.7. The molecule has 0 aliphatic carbocycles. The predicted octanol–water partition coefficient (Wildman–Crippen LogP) is 3.64. The number of aromatic nitrogens is 2. The number of nitro groups is 1. The summed E-state index contributed by atoms with van der Waals surface area (Å²) in [6.45, 7) is 0.558. The Balaban J connectivity index is 1.46. The van der Waals surface area contributed by atoms with E-state index in [1.54, 1.807) is 18.2 Å². The highest BCUT2D eigenvalue weighted by atomic mass is 32.1. The summed E-state index contributed by atoms with van der Waals surface area (Å²) >= 11 is 1.28. The van der Waals surface area contributed by atoms with Gasteiger partial charge in [-0.1, -0.05) is 47.7 Å². The van der Waals surface area contributed by atoms with Crippen LogP contribution < -0.4 is 10.1 Å². The summed E-state index contributed by atoms with van der Waals surface area (Å²) < 4.78 is 5.63. The zero-order chi connectivity index (χ0) is 19.8.